The van der Waals surface area contributed by atoms with Gasteiger partial charge in [-0.25, -0.2) is 0 Å². The molecule has 0 amide bonds. The molecule has 0 spiro atoms. The molecule has 0 aliphatic carbocycles. The van der Waals surface area contributed by atoms with Crippen LogP contribution in [0.15, 0.2) is 0 Å². The fourth-order valence-corrected chi connectivity index (χ4v) is 4.83. The molecule has 1 rings (SSSR count). The monoisotopic (exact) mass is 213 g/mol. The number of hydrogen-bond donors (Lipinski definition) is 1. The summed E-state index contributed by atoms with van der Waals surface area (Å²) >= 11 is -0.409. The van der Waals surface area contributed by atoms with Crippen LogP contribution >= 0.6 is 20.1 Å². The van der Waals surface area contributed by atoms with Crippen molar-refractivity contribution in [3.8, 4) is 0 Å². The zero-order valence-corrected chi connectivity index (χ0v) is 7.03. The zero-order chi connectivity index (χ0) is 5.28. The summed E-state index contributed by atoms with van der Waals surface area (Å²) in [7, 11) is 0. The van der Waals surface area contributed by atoms with Gasteiger partial charge >= 0.3 is 52.4 Å². The molecule has 1 saturated heterocycles. The Balaban J connectivity index is 1.98. The van der Waals surface area contributed by atoms with E-state index in [2.05, 4.69) is 17.4 Å². The Hall–Kier alpha value is 0.690. The Kier molecular flexibility index (Phi) is 1.92. The maximum atomic E-state index is 3.53. The van der Waals surface area contributed by atoms with Crippen molar-refractivity contribution in [1.29, 1.82) is 0 Å². The second-order valence-corrected chi connectivity index (χ2v) is 7.86. The van der Waals surface area contributed by atoms with Gasteiger partial charge < -0.3 is 0 Å². The second kappa shape index (κ2) is 2.31. The van der Waals surface area contributed by atoms with Crippen molar-refractivity contribution in [2.45, 2.75) is 17.8 Å². The molecule has 1 N–H and O–H groups in total. The van der Waals surface area contributed by atoms with Crippen LogP contribution in [0, 0.1) is 0 Å². The van der Waals surface area contributed by atoms with Crippen LogP contribution in [-0.2, 0) is 0 Å². The minimum atomic E-state index is -0.409. The van der Waals surface area contributed by atoms with Crippen molar-refractivity contribution < 1.29 is 0 Å². The van der Waals surface area contributed by atoms with E-state index in [4.69, 9.17) is 0 Å². The first kappa shape index (κ1) is 5.82. The summed E-state index contributed by atoms with van der Waals surface area (Å²) in [5.41, 5.74) is 0. The van der Waals surface area contributed by atoms with Gasteiger partial charge in [0.25, 0.3) is 0 Å². The summed E-state index contributed by atoms with van der Waals surface area (Å²) in [6.45, 7) is 5.76. The molecule has 0 aromatic carbocycles. The first-order valence-corrected chi connectivity index (χ1v) is 6.57. The molecular weight excluding hydrogens is 201 g/mol. The molecular formula is C5H12IN. The van der Waals surface area contributed by atoms with Crippen LogP contribution in [0.1, 0.15) is 13.8 Å². The molecule has 1 nitrogen and oxygen atoms in total. The van der Waals surface area contributed by atoms with E-state index in [1.807, 2.05) is 0 Å². The Morgan fingerprint density at radius 2 is 2.43 bits per heavy atom. The van der Waals surface area contributed by atoms with E-state index in [9.17, 15) is 0 Å². The Morgan fingerprint density at radius 1 is 1.86 bits per heavy atom. The Labute approximate surface area is 52.6 Å². The fraction of sp³-hybridized carbons (Fsp3) is 1.00. The van der Waals surface area contributed by atoms with Gasteiger partial charge in [-0.05, 0) is 0 Å². The summed E-state index contributed by atoms with van der Waals surface area (Å²) in [6.07, 6.45) is 0. The van der Waals surface area contributed by atoms with Gasteiger partial charge in [0, 0.05) is 0 Å². The number of halogens is 1. The van der Waals surface area contributed by atoms with E-state index in [0.717, 1.165) is 3.92 Å². The first-order chi connectivity index (χ1) is 3.34. The third-order valence-corrected chi connectivity index (χ3v) is 6.92. The van der Waals surface area contributed by atoms with Gasteiger partial charge in [-0.15, -0.1) is 0 Å². The average molecular weight is 213 g/mol. The topological polar surface area (TPSA) is 12.0 Å². The Bertz CT molecular complexity index is 65.1. The van der Waals surface area contributed by atoms with Crippen LogP contribution in [0.2, 0.25) is 0 Å². The van der Waals surface area contributed by atoms with Crippen LogP contribution in [-0.4, -0.2) is 14.9 Å². The Morgan fingerprint density at radius 3 is 2.57 bits per heavy atom. The van der Waals surface area contributed by atoms with E-state index in [1.165, 1.54) is 6.54 Å². The van der Waals surface area contributed by atoms with Crippen molar-refractivity contribution in [3.05, 3.63) is 0 Å². The molecule has 0 radical (unpaired) electrons. The molecule has 1 heterocycles. The van der Waals surface area contributed by atoms with Crippen molar-refractivity contribution in [2.24, 2.45) is 0 Å². The minimum absolute atomic E-state index is 0.409. The summed E-state index contributed by atoms with van der Waals surface area (Å²) < 4.78 is 6.19. The van der Waals surface area contributed by atoms with Gasteiger partial charge in [0.1, 0.15) is 0 Å². The van der Waals surface area contributed by atoms with Crippen molar-refractivity contribution in [2.75, 3.05) is 11.0 Å². The summed E-state index contributed by atoms with van der Waals surface area (Å²) in [4.78, 5) is 0. The van der Waals surface area contributed by atoms with Crippen molar-refractivity contribution in [3.63, 3.8) is 0 Å². The number of alkyl halides is 2. The van der Waals surface area contributed by atoms with Gasteiger partial charge in [-0.1, -0.05) is 0 Å². The molecule has 1 aliphatic rings. The van der Waals surface area contributed by atoms with Crippen LogP contribution in [0.4, 0.5) is 0 Å². The first-order valence-electron chi connectivity index (χ1n) is 2.72. The normalized spacial score (nSPS) is 33.4. The van der Waals surface area contributed by atoms with Gasteiger partial charge in [-0.2, -0.15) is 0 Å². The van der Waals surface area contributed by atoms with E-state index in [0.29, 0.717) is 0 Å². The molecule has 1 unspecified atom stereocenters. The average Bonchev–Trinajstić information content (AvgIpc) is 2.22. The van der Waals surface area contributed by atoms with Crippen molar-refractivity contribution >= 4 is 20.1 Å². The van der Waals surface area contributed by atoms with Gasteiger partial charge in [0.05, 0.1) is 0 Å². The van der Waals surface area contributed by atoms with Crippen LogP contribution < -0.4 is 3.53 Å². The molecule has 0 saturated carbocycles. The fourth-order valence-electron chi connectivity index (χ4n) is 0.553. The molecule has 2 heteroatoms. The molecule has 1 fully saturated rings. The molecule has 7 heavy (non-hydrogen) atoms. The quantitative estimate of drug-likeness (QED) is 0.415. The SMILES string of the molecule is CCNI1CC1C. The van der Waals surface area contributed by atoms with Gasteiger partial charge in [0.2, 0.25) is 0 Å². The number of nitrogens with one attached hydrogen (secondary N) is 1. The second-order valence-electron chi connectivity index (χ2n) is 1.82. The van der Waals surface area contributed by atoms with E-state index in [-0.39, 0.29) is 0 Å². The summed E-state index contributed by atoms with van der Waals surface area (Å²) in [6, 6.07) is 0. The standard InChI is InChI=1S/C5H12IN/c1-3-7-6-4-5(6)2/h5,7H,3-4H2,1-2H3. The van der Waals surface area contributed by atoms with E-state index < -0.39 is 20.1 Å². The predicted octanol–water partition coefficient (Wildman–Crippen LogP) is 1.42. The van der Waals surface area contributed by atoms with Gasteiger partial charge in [0.15, 0.2) is 0 Å². The van der Waals surface area contributed by atoms with Crippen LogP contribution in [0.5, 0.6) is 0 Å². The number of hydrogen-bond acceptors (Lipinski definition) is 1. The summed E-state index contributed by atoms with van der Waals surface area (Å²) in [5, 5.41) is 0. The maximum absolute atomic E-state index is 3.53. The van der Waals surface area contributed by atoms with Gasteiger partial charge in [-0.3, -0.25) is 0 Å². The van der Waals surface area contributed by atoms with Crippen LogP contribution in [0.3, 0.4) is 0 Å². The van der Waals surface area contributed by atoms with Crippen molar-refractivity contribution in [1.82, 2.24) is 3.53 Å². The third-order valence-electron chi connectivity index (χ3n) is 1.03. The van der Waals surface area contributed by atoms with E-state index in [1.54, 1.807) is 4.43 Å². The zero-order valence-electron chi connectivity index (χ0n) is 4.87. The molecule has 1 aliphatic heterocycles. The molecule has 0 aromatic heterocycles. The molecule has 0 bridgehead atoms. The summed E-state index contributed by atoms with van der Waals surface area (Å²) in [5.74, 6) is 0. The third kappa shape index (κ3) is 1.57. The van der Waals surface area contributed by atoms with E-state index >= 15 is 0 Å². The number of rotatable bonds is 2. The molecule has 44 valence electrons. The molecule has 0 aromatic rings. The predicted molar refractivity (Wildman–Crippen MR) is 42.0 cm³/mol. The molecule has 1 atom stereocenters. The van der Waals surface area contributed by atoms with Crippen LogP contribution in [0.25, 0.3) is 0 Å².